The second kappa shape index (κ2) is 19.0. The van der Waals surface area contributed by atoms with Gasteiger partial charge >= 0.3 is 0 Å². The van der Waals surface area contributed by atoms with Crippen molar-refractivity contribution >= 4 is 32.9 Å². The average molecular weight is 646 g/mol. The molecular formula is C41H65N4S+. The molecule has 1 aromatic carbocycles. The highest BCUT2D eigenvalue weighted by Crippen LogP contribution is 2.38. The minimum absolute atomic E-state index is 1.15. The zero-order valence-electron chi connectivity index (χ0n) is 29.9. The van der Waals surface area contributed by atoms with Gasteiger partial charge in [-0.15, -0.1) is 11.3 Å². The van der Waals surface area contributed by atoms with Crippen LogP contribution in [-0.4, -0.2) is 45.3 Å². The summed E-state index contributed by atoms with van der Waals surface area (Å²) in [7, 11) is 4.50. The first kappa shape index (κ1) is 35.2. The van der Waals surface area contributed by atoms with Crippen LogP contribution in [0.15, 0.2) is 24.3 Å². The summed E-state index contributed by atoms with van der Waals surface area (Å²) in [6.07, 6.45) is 30.4. The zero-order valence-corrected chi connectivity index (χ0v) is 30.7. The van der Waals surface area contributed by atoms with Crippen molar-refractivity contribution in [2.24, 2.45) is 0 Å². The lowest BCUT2D eigenvalue weighted by atomic mass is 9.99. The van der Waals surface area contributed by atoms with E-state index < -0.39 is 0 Å². The van der Waals surface area contributed by atoms with Crippen LogP contribution < -0.4 is 19.7 Å². The average Bonchev–Trinajstić information content (AvgIpc) is 3.09. The van der Waals surface area contributed by atoms with E-state index in [1.807, 2.05) is 11.3 Å². The Balaban J connectivity index is 1.23. The van der Waals surface area contributed by atoms with Gasteiger partial charge in [-0.1, -0.05) is 96.8 Å². The van der Waals surface area contributed by atoms with Crippen LogP contribution in [0.4, 0.5) is 11.4 Å². The molecule has 2 fully saturated rings. The minimum atomic E-state index is 1.15. The number of rotatable bonds is 18. The molecule has 1 aromatic rings. The quantitative estimate of drug-likeness (QED) is 0.0781. The summed E-state index contributed by atoms with van der Waals surface area (Å²) in [6.45, 7) is 7.04. The highest BCUT2D eigenvalue weighted by molar-refractivity contribution is 7.22. The molecule has 5 rings (SSSR count). The van der Waals surface area contributed by atoms with Crippen LogP contribution in [-0.2, 0) is 6.42 Å². The summed E-state index contributed by atoms with van der Waals surface area (Å²) in [4.78, 5) is 11.6. The molecule has 0 aromatic heterocycles. The van der Waals surface area contributed by atoms with Crippen molar-refractivity contribution in [2.45, 2.75) is 148 Å². The van der Waals surface area contributed by atoms with E-state index in [1.165, 1.54) is 205 Å². The van der Waals surface area contributed by atoms with E-state index >= 15 is 0 Å². The van der Waals surface area contributed by atoms with Crippen molar-refractivity contribution in [1.82, 2.24) is 9.56 Å². The molecule has 0 saturated carbocycles. The molecule has 3 heterocycles. The van der Waals surface area contributed by atoms with E-state index in [-0.39, 0.29) is 0 Å². The number of fused-ring (bicyclic) bond motifs is 2. The van der Waals surface area contributed by atoms with E-state index in [9.17, 15) is 0 Å². The summed E-state index contributed by atoms with van der Waals surface area (Å²) >= 11 is 1.96. The van der Waals surface area contributed by atoms with Crippen LogP contribution in [0, 0.1) is 0 Å². The Hall–Kier alpha value is -2.14. The number of anilines is 2. The number of aryl methyl sites for hydroxylation is 1. The number of hydrogen-bond acceptors (Lipinski definition) is 4. The number of piperidine rings is 2. The molecule has 0 atom stereocenters. The Labute approximate surface area is 285 Å². The third kappa shape index (κ3) is 9.94. The molecule has 0 amide bonds. The summed E-state index contributed by atoms with van der Waals surface area (Å²) in [6, 6.07) is 9.48. The summed E-state index contributed by atoms with van der Waals surface area (Å²) in [5.74, 6) is 0. The second-order valence-corrected chi connectivity index (χ2v) is 15.7. The zero-order chi connectivity index (χ0) is 32.0. The van der Waals surface area contributed by atoms with Crippen LogP contribution >= 0.6 is 11.3 Å². The molecular weight excluding hydrogens is 581 g/mol. The Morgan fingerprint density at radius 2 is 1.30 bits per heavy atom. The van der Waals surface area contributed by atoms with Crippen molar-refractivity contribution in [2.75, 3.05) is 50.1 Å². The molecule has 46 heavy (non-hydrogen) atoms. The summed E-state index contributed by atoms with van der Waals surface area (Å²) in [5.41, 5.74) is 6.63. The van der Waals surface area contributed by atoms with Crippen molar-refractivity contribution in [3.05, 3.63) is 35.2 Å². The monoisotopic (exact) mass is 645 g/mol. The minimum Gasteiger partial charge on any atom is -0.371 e. The fraction of sp³-hybridized carbons (Fsp3) is 0.707. The molecule has 1 aliphatic carbocycles. The molecule has 0 radical (unpaired) electrons. The molecule has 0 N–H and O–H groups in total. The lowest BCUT2D eigenvalue weighted by molar-refractivity contribution is 0.449. The number of hydrogen-bond donors (Lipinski definition) is 0. The van der Waals surface area contributed by atoms with Gasteiger partial charge in [0.25, 0.3) is 0 Å². The normalized spacial score (nSPS) is 15.7. The third-order valence-electron chi connectivity index (χ3n) is 10.6. The van der Waals surface area contributed by atoms with Crippen LogP contribution in [0.1, 0.15) is 147 Å². The van der Waals surface area contributed by atoms with E-state index in [0.717, 1.165) is 5.52 Å². The maximum atomic E-state index is 5.32. The Morgan fingerprint density at radius 1 is 0.717 bits per heavy atom. The van der Waals surface area contributed by atoms with Crippen LogP contribution in [0.2, 0.25) is 0 Å². The molecule has 5 heteroatoms. The highest BCUT2D eigenvalue weighted by Gasteiger charge is 2.26. The molecule has 0 bridgehead atoms. The first-order chi connectivity index (χ1) is 22.7. The molecule has 0 spiro atoms. The van der Waals surface area contributed by atoms with Gasteiger partial charge < -0.3 is 9.80 Å². The predicted octanol–water partition coefficient (Wildman–Crippen LogP) is 10.8. The topological polar surface area (TPSA) is 22.4 Å². The van der Waals surface area contributed by atoms with Gasteiger partial charge in [0.05, 0.1) is 20.8 Å². The van der Waals surface area contributed by atoms with Crippen molar-refractivity contribution in [3.63, 3.8) is 0 Å². The summed E-state index contributed by atoms with van der Waals surface area (Å²) < 4.78 is 4.04. The molecule has 3 aliphatic heterocycles. The van der Waals surface area contributed by atoms with E-state index in [1.54, 1.807) is 0 Å². The number of nitrogens with zero attached hydrogens (tertiary/aromatic N) is 4. The van der Waals surface area contributed by atoms with E-state index in [2.05, 4.69) is 59.7 Å². The maximum absolute atomic E-state index is 5.32. The van der Waals surface area contributed by atoms with Crippen LogP contribution in [0.3, 0.4) is 0 Å². The van der Waals surface area contributed by atoms with E-state index in [0.29, 0.717) is 0 Å². The Bertz CT molecular complexity index is 1360. The Kier molecular flexibility index (Phi) is 14.5. The largest absolute Gasteiger partial charge is 0.371 e. The van der Waals surface area contributed by atoms with Gasteiger partial charge in [-0.05, 0) is 62.8 Å². The predicted molar refractivity (Wildman–Crippen MR) is 204 cm³/mol. The fourth-order valence-corrected chi connectivity index (χ4v) is 9.09. The van der Waals surface area contributed by atoms with Crippen molar-refractivity contribution < 1.29 is 0 Å². The highest BCUT2D eigenvalue weighted by atomic mass is 32.1. The second-order valence-electron chi connectivity index (χ2n) is 14.6. The van der Waals surface area contributed by atoms with Crippen LogP contribution in [0.25, 0.3) is 20.8 Å². The van der Waals surface area contributed by atoms with Crippen molar-refractivity contribution in [1.29, 1.82) is 0 Å². The fourth-order valence-electron chi connectivity index (χ4n) is 7.89. The van der Waals surface area contributed by atoms with Gasteiger partial charge in [0.2, 0.25) is 5.36 Å². The van der Waals surface area contributed by atoms with Gasteiger partial charge in [0.1, 0.15) is 18.8 Å². The molecule has 4 nitrogen and oxygen atoms in total. The van der Waals surface area contributed by atoms with Gasteiger partial charge in [-0.2, -0.15) is 0 Å². The summed E-state index contributed by atoms with van der Waals surface area (Å²) in [5, 5.41) is 1.51. The number of unbranched alkanes of at least 4 members (excludes halogenated alkanes) is 14. The smallest absolute Gasteiger partial charge is 0.228 e. The maximum Gasteiger partial charge on any atom is 0.228 e. The van der Waals surface area contributed by atoms with Gasteiger partial charge in [-0.3, -0.25) is 0 Å². The lowest BCUT2D eigenvalue weighted by Gasteiger charge is -2.29. The van der Waals surface area contributed by atoms with Gasteiger partial charge in [0.15, 0.2) is 0 Å². The van der Waals surface area contributed by atoms with Crippen molar-refractivity contribution in [3.8, 4) is 10.6 Å². The number of benzene rings is 2. The first-order valence-electron chi connectivity index (χ1n) is 19.6. The molecule has 254 valence electrons. The molecule has 0 unspecified atom stereocenters. The molecule has 4 aliphatic rings. The first-order valence-corrected chi connectivity index (χ1v) is 20.4. The molecule has 2 saturated heterocycles. The standard InChI is InChI=1S/C41H65N4S/c1-4-5-6-7-8-9-10-11-12-13-14-15-16-17-20-25-34-32-37-41(40(43(2)3)39(34)45-30-23-19-24-31-45)46-38-33-35(26-27-36(38)42-37)44-28-21-18-22-29-44/h26-27,32-33H,4-25,28-31H2,1-3H3/q+1. The lowest BCUT2D eigenvalue weighted by Crippen LogP contribution is -2.40. The third-order valence-corrected chi connectivity index (χ3v) is 11.7. The van der Waals surface area contributed by atoms with Gasteiger partial charge in [0, 0.05) is 51.3 Å². The SMILES string of the molecule is CCCCCCCCCCCCCCCCCc1cc2nc3ccc(N4CCCCC4)cc3sc-2c(N(C)C)c1=[N+]1CCCCC1. The number of aromatic nitrogens is 1. The van der Waals surface area contributed by atoms with Crippen LogP contribution in [0.5, 0.6) is 0 Å². The van der Waals surface area contributed by atoms with Gasteiger partial charge in [-0.25, -0.2) is 9.56 Å². The van der Waals surface area contributed by atoms with E-state index in [4.69, 9.17) is 4.98 Å². The Morgan fingerprint density at radius 3 is 1.91 bits per heavy atom.